The molecule has 2 aromatic heterocycles. The average Bonchev–Trinajstić information content (AvgIpc) is 4.07. The topological polar surface area (TPSA) is 238 Å². The number of imidazole rings is 1. The summed E-state index contributed by atoms with van der Waals surface area (Å²) in [4.78, 5) is 93.6. The number of halogens is 3. The highest BCUT2D eigenvalue weighted by Gasteiger charge is 2.48. The van der Waals surface area contributed by atoms with Gasteiger partial charge in [0.05, 0.1) is 44.0 Å². The number of alkyl carbamates (subject to hydrolysis) is 2. The van der Waals surface area contributed by atoms with Crippen LogP contribution in [0.25, 0.3) is 22.4 Å². The molecule has 4 heterocycles. The molecule has 2 aliphatic rings. The molecule has 6 N–H and O–H groups in total. The van der Waals surface area contributed by atoms with Crippen molar-refractivity contribution < 1.29 is 56.1 Å². The molecule has 0 saturated carbocycles. The van der Waals surface area contributed by atoms with Gasteiger partial charge in [0.1, 0.15) is 35.0 Å². The van der Waals surface area contributed by atoms with Crippen LogP contribution in [0.4, 0.5) is 34.3 Å². The number of aromatic amines is 1. The third kappa shape index (κ3) is 12.9. The van der Waals surface area contributed by atoms with E-state index in [1.54, 1.807) is 68.3 Å². The van der Waals surface area contributed by atoms with Gasteiger partial charge in [0.15, 0.2) is 0 Å². The van der Waals surface area contributed by atoms with Crippen LogP contribution in [0, 0.1) is 17.3 Å². The van der Waals surface area contributed by atoms with E-state index in [2.05, 4.69) is 51.0 Å². The molecule has 6 rings (SSSR count). The smallest absolute Gasteiger partial charge is 0.453 e. The number of rotatable bonds is 17. The van der Waals surface area contributed by atoms with Gasteiger partial charge in [-0.1, -0.05) is 65.8 Å². The summed E-state index contributed by atoms with van der Waals surface area (Å²) >= 11 is 0. The number of carbonyl (C=O) groups is 6. The lowest BCUT2D eigenvalue weighted by Crippen LogP contribution is -2.60. The molecule has 2 aromatic carbocycles. The zero-order valence-corrected chi connectivity index (χ0v) is 41.8. The van der Waals surface area contributed by atoms with E-state index < -0.39 is 53.9 Å². The highest BCUT2D eigenvalue weighted by Crippen LogP contribution is 2.43. The molecular weight excluding hydrogens is 942 g/mol. The largest absolute Gasteiger partial charge is 0.573 e. The molecule has 0 unspecified atom stereocenters. The quantitative estimate of drug-likeness (QED) is 0.0574. The molecule has 0 radical (unpaired) electrons. The number of anilines is 2. The van der Waals surface area contributed by atoms with Crippen molar-refractivity contribution in [2.45, 2.75) is 97.8 Å². The summed E-state index contributed by atoms with van der Waals surface area (Å²) in [6, 6.07) is 11.4. The Kier molecular flexibility index (Phi) is 16.8. The Labute approximate surface area is 415 Å². The molecule has 72 heavy (non-hydrogen) atoms. The van der Waals surface area contributed by atoms with Gasteiger partial charge in [0, 0.05) is 37.3 Å². The minimum absolute atomic E-state index is 0.0764. The van der Waals surface area contributed by atoms with Crippen LogP contribution in [0.3, 0.4) is 0 Å². The summed E-state index contributed by atoms with van der Waals surface area (Å²) in [5.74, 6) is -1.83. The van der Waals surface area contributed by atoms with Crippen molar-refractivity contribution in [3.63, 3.8) is 0 Å². The molecule has 4 atom stereocenters. The number of aromatic nitrogens is 3. The number of carbonyl (C=O) groups excluding carboxylic acids is 6. The third-order valence-electron chi connectivity index (χ3n) is 12.8. The summed E-state index contributed by atoms with van der Waals surface area (Å²) in [6.45, 7) is 14.3. The van der Waals surface area contributed by atoms with Gasteiger partial charge in [-0.3, -0.25) is 19.2 Å². The number of amides is 6. The SMILES string of the molecule is COC(=O)N[C@H](C(=O)N1CC(C)(C)C[C@H]1c1ncc(-c2ccc(-c3ccc(C(=O)Nc4ccc(NCCNC(=O)[C@]5(C)CCCN5C(=O)[C@@H](NC(=O)OC)C(C)C)nc4)cc3OC(F)(F)F)cc2)[nH]1)C(C)C. The number of nitrogens with one attached hydrogen (secondary N) is 6. The summed E-state index contributed by atoms with van der Waals surface area (Å²) in [7, 11) is 2.44. The molecule has 2 aliphatic heterocycles. The lowest BCUT2D eigenvalue weighted by Gasteiger charge is -2.37. The van der Waals surface area contributed by atoms with E-state index in [1.165, 1.54) is 37.4 Å². The number of pyridine rings is 1. The summed E-state index contributed by atoms with van der Waals surface area (Å²) in [6.07, 6.45) is -1.90. The second kappa shape index (κ2) is 22.4. The highest BCUT2D eigenvalue weighted by atomic mass is 19.4. The first-order chi connectivity index (χ1) is 33.9. The van der Waals surface area contributed by atoms with Crippen LogP contribution in [0.1, 0.15) is 90.0 Å². The number of H-pyrrole nitrogens is 1. The second-order valence-electron chi connectivity index (χ2n) is 19.5. The van der Waals surface area contributed by atoms with Crippen molar-refractivity contribution in [2.75, 3.05) is 51.0 Å². The Balaban J connectivity index is 1.07. The van der Waals surface area contributed by atoms with Crippen molar-refractivity contribution in [1.82, 2.24) is 40.7 Å². The van der Waals surface area contributed by atoms with Crippen LogP contribution in [-0.4, -0.2) is 125 Å². The zero-order valence-electron chi connectivity index (χ0n) is 41.8. The van der Waals surface area contributed by atoms with Gasteiger partial charge in [0.2, 0.25) is 17.7 Å². The molecule has 6 amide bonds. The average molecular weight is 1010 g/mol. The van der Waals surface area contributed by atoms with Crippen LogP contribution in [-0.2, 0) is 23.9 Å². The van der Waals surface area contributed by atoms with E-state index in [0.717, 1.165) is 6.07 Å². The van der Waals surface area contributed by atoms with Gasteiger partial charge in [-0.25, -0.2) is 19.6 Å². The van der Waals surface area contributed by atoms with Crippen molar-refractivity contribution in [1.29, 1.82) is 0 Å². The third-order valence-corrected chi connectivity index (χ3v) is 12.8. The number of hydrogen-bond donors (Lipinski definition) is 6. The van der Waals surface area contributed by atoms with E-state index >= 15 is 0 Å². The first-order valence-corrected chi connectivity index (χ1v) is 23.6. The Morgan fingerprint density at radius 1 is 0.819 bits per heavy atom. The van der Waals surface area contributed by atoms with Gasteiger partial charge < -0.3 is 55.6 Å². The lowest BCUT2D eigenvalue weighted by atomic mass is 9.90. The Morgan fingerprint density at radius 2 is 1.46 bits per heavy atom. The van der Waals surface area contributed by atoms with Gasteiger partial charge in [-0.05, 0) is 84.9 Å². The predicted octanol–water partition coefficient (Wildman–Crippen LogP) is 7.26. The van der Waals surface area contributed by atoms with E-state index in [1.807, 2.05) is 27.7 Å². The Bertz CT molecular complexity index is 2610. The van der Waals surface area contributed by atoms with E-state index in [0.29, 0.717) is 60.8 Å². The van der Waals surface area contributed by atoms with Gasteiger partial charge in [-0.15, -0.1) is 13.2 Å². The minimum Gasteiger partial charge on any atom is -0.453 e. The van der Waals surface area contributed by atoms with E-state index in [9.17, 15) is 41.9 Å². The predicted molar refractivity (Wildman–Crippen MR) is 260 cm³/mol. The van der Waals surface area contributed by atoms with E-state index in [4.69, 9.17) is 4.74 Å². The number of alkyl halides is 3. The van der Waals surface area contributed by atoms with Crippen molar-refractivity contribution in [3.05, 3.63) is 78.4 Å². The maximum atomic E-state index is 13.9. The normalized spacial score (nSPS) is 18.3. The zero-order chi connectivity index (χ0) is 52.7. The van der Waals surface area contributed by atoms with Gasteiger partial charge >= 0.3 is 18.5 Å². The monoisotopic (exact) mass is 1000 g/mol. The van der Waals surface area contributed by atoms with Crippen LogP contribution in [0.15, 0.2) is 67.0 Å². The molecule has 19 nitrogen and oxygen atoms in total. The van der Waals surface area contributed by atoms with Crippen molar-refractivity contribution >= 4 is 47.3 Å². The fraction of sp³-hybridized carbons (Fsp3) is 0.480. The summed E-state index contributed by atoms with van der Waals surface area (Å²) in [5, 5.41) is 13.8. The number of benzene rings is 2. The molecule has 0 bridgehead atoms. The fourth-order valence-electron chi connectivity index (χ4n) is 8.97. The number of methoxy groups -OCH3 is 2. The first-order valence-electron chi connectivity index (χ1n) is 23.6. The van der Waals surface area contributed by atoms with Crippen LogP contribution < -0.4 is 31.3 Å². The number of hydrogen-bond acceptors (Lipinski definition) is 12. The number of ether oxygens (including phenoxy) is 3. The number of nitrogens with zero attached hydrogens (tertiary/aromatic N) is 4. The lowest BCUT2D eigenvalue weighted by molar-refractivity contribution is -0.274. The maximum Gasteiger partial charge on any atom is 0.573 e. The summed E-state index contributed by atoms with van der Waals surface area (Å²) < 4.78 is 55.2. The van der Waals surface area contributed by atoms with Gasteiger partial charge in [0.25, 0.3) is 5.91 Å². The molecular formula is C50H63F3N10O9. The molecule has 0 spiro atoms. The standard InChI is InChI=1S/C50H63F3N10O9/c1-28(2)39(60-46(68)70-8)43(65)62-27-48(5,6)24-36(62)41-57-26-35(59-41)31-13-11-30(12-14-31)34-17-15-32(23-37(34)72-50(51,52)53)42(64)58-33-16-18-38(56-25-33)54-20-21-55-45(67)49(7)19-10-22-63(49)44(66)40(29(3)4)61-47(69)71-9/h11-18,23,25-26,28-29,36,39-40H,10,19-22,24,27H2,1-9H3,(H,54,56)(H,55,67)(H,57,59)(H,58,64)(H,60,68)(H,61,69)/t36-,39-,40-,49-/m0/s1. The van der Waals surface area contributed by atoms with Crippen molar-refractivity contribution in [2.24, 2.45) is 17.3 Å². The van der Waals surface area contributed by atoms with Crippen molar-refractivity contribution in [3.8, 4) is 28.1 Å². The molecule has 0 aliphatic carbocycles. The first kappa shape index (κ1) is 54.0. The maximum absolute atomic E-state index is 13.9. The molecule has 4 aromatic rings. The van der Waals surface area contributed by atoms with E-state index in [-0.39, 0.29) is 64.9 Å². The molecule has 2 saturated heterocycles. The van der Waals surface area contributed by atoms with Crippen LogP contribution in [0.5, 0.6) is 5.75 Å². The summed E-state index contributed by atoms with van der Waals surface area (Å²) in [5.41, 5.74) is 0.478. The minimum atomic E-state index is -5.07. The Morgan fingerprint density at radius 3 is 2.06 bits per heavy atom. The fourth-order valence-corrected chi connectivity index (χ4v) is 8.97. The number of likely N-dealkylation sites (tertiary alicyclic amines) is 2. The molecule has 22 heteroatoms. The van der Waals surface area contributed by atoms with Crippen LogP contribution in [0.2, 0.25) is 0 Å². The molecule has 2 fully saturated rings. The second-order valence-corrected chi connectivity index (χ2v) is 19.5. The Hall–Kier alpha value is -7.39. The van der Waals surface area contributed by atoms with Crippen LogP contribution >= 0.6 is 0 Å². The molecule has 388 valence electrons. The van der Waals surface area contributed by atoms with Gasteiger partial charge in [-0.2, -0.15) is 0 Å². The highest BCUT2D eigenvalue weighted by molar-refractivity contribution is 6.05.